The maximum Gasteiger partial charge on any atom is 0.346 e. The second kappa shape index (κ2) is 5.29. The number of rotatable bonds is 3. The second-order valence-corrected chi connectivity index (χ2v) is 2.30. The summed E-state index contributed by atoms with van der Waals surface area (Å²) < 4.78 is 12.6. The molecule has 1 N–H and O–H groups in total. The Bertz CT molecular complexity index is 331. The highest BCUT2D eigenvalue weighted by Crippen LogP contribution is 2.04. The van der Waals surface area contributed by atoms with E-state index in [4.69, 9.17) is 5.11 Å². The van der Waals surface area contributed by atoms with E-state index in [9.17, 15) is 14.0 Å². The number of aromatic nitrogens is 1. The Morgan fingerprint density at radius 2 is 1.86 bits per heavy atom. The molecule has 0 fully saturated rings. The maximum atomic E-state index is 12.6. The van der Waals surface area contributed by atoms with Crippen LogP contribution in [-0.4, -0.2) is 28.0 Å². The summed E-state index contributed by atoms with van der Waals surface area (Å²) in [6, 6.07) is 2.52. The van der Waals surface area contributed by atoms with E-state index >= 15 is 0 Å². The highest BCUT2D eigenvalue weighted by molar-refractivity contribution is 6.10. The molecule has 1 aromatic rings. The zero-order valence-corrected chi connectivity index (χ0v) is 7.70. The van der Waals surface area contributed by atoms with Gasteiger partial charge in [-0.2, -0.15) is 0 Å². The molecular weight excluding hydrogens is 213 g/mol. The fourth-order valence-electron chi connectivity index (χ4n) is 0.775. The van der Waals surface area contributed by atoms with Gasteiger partial charge in [-0.05, 0) is 12.1 Å². The number of carboxylic acids is 1. The normalized spacial score (nSPS) is 11.2. The zero-order valence-electron chi connectivity index (χ0n) is 6.88. The Hall–Kier alpha value is -1.49. The summed E-state index contributed by atoms with van der Waals surface area (Å²) in [5.41, 5.74) is 0.00454. The minimum absolute atomic E-state index is 0. The number of carboxylic acid groups (broad SMARTS) is 1. The van der Waals surface area contributed by atoms with Gasteiger partial charge in [-0.15, -0.1) is 12.4 Å². The summed E-state index contributed by atoms with van der Waals surface area (Å²) in [5, 5.41) is 8.20. The molecule has 0 radical (unpaired) electrons. The summed E-state index contributed by atoms with van der Waals surface area (Å²) in [5.74, 6) is -2.84. The Balaban J connectivity index is 0.00000169. The molecule has 0 aliphatic carbocycles. The average Bonchev–Trinajstić information content (AvgIpc) is 2.17. The van der Waals surface area contributed by atoms with Crippen LogP contribution >= 0.6 is 12.4 Å². The highest BCUT2D eigenvalue weighted by atomic mass is 35.5. The van der Waals surface area contributed by atoms with Crippen LogP contribution in [-0.2, 0) is 4.79 Å². The third kappa shape index (κ3) is 2.77. The molecule has 0 saturated heterocycles. The van der Waals surface area contributed by atoms with E-state index in [0.717, 1.165) is 0 Å². The number of halogens is 2. The molecule has 4 nitrogen and oxygen atoms in total. The lowest BCUT2D eigenvalue weighted by Crippen LogP contribution is -2.25. The van der Waals surface area contributed by atoms with Crippen LogP contribution in [0.15, 0.2) is 24.5 Å². The summed E-state index contributed by atoms with van der Waals surface area (Å²) in [4.78, 5) is 24.7. The Labute approximate surface area is 85.2 Å². The Morgan fingerprint density at radius 1 is 1.36 bits per heavy atom. The third-order valence-corrected chi connectivity index (χ3v) is 1.41. The number of hydrogen-bond acceptors (Lipinski definition) is 3. The van der Waals surface area contributed by atoms with Crippen molar-refractivity contribution >= 4 is 24.2 Å². The van der Waals surface area contributed by atoms with Crippen molar-refractivity contribution in [1.82, 2.24) is 4.98 Å². The van der Waals surface area contributed by atoms with Crippen LogP contribution in [0.3, 0.4) is 0 Å². The van der Waals surface area contributed by atoms with Gasteiger partial charge in [0.1, 0.15) is 0 Å². The van der Waals surface area contributed by atoms with Gasteiger partial charge >= 0.3 is 5.97 Å². The topological polar surface area (TPSA) is 67.3 Å². The summed E-state index contributed by atoms with van der Waals surface area (Å²) in [6.07, 6.45) is 0.0891. The van der Waals surface area contributed by atoms with E-state index in [1.165, 1.54) is 24.5 Å². The fourth-order valence-corrected chi connectivity index (χ4v) is 0.775. The predicted molar refractivity (Wildman–Crippen MR) is 48.3 cm³/mol. The smallest absolute Gasteiger partial charge is 0.346 e. The largest absolute Gasteiger partial charge is 0.479 e. The van der Waals surface area contributed by atoms with Crippen molar-refractivity contribution in [3.05, 3.63) is 30.1 Å². The molecule has 0 amide bonds. The number of nitrogens with zero attached hydrogens (tertiary/aromatic N) is 1. The highest BCUT2D eigenvalue weighted by Gasteiger charge is 2.26. The Morgan fingerprint density at radius 3 is 2.29 bits per heavy atom. The third-order valence-electron chi connectivity index (χ3n) is 1.41. The summed E-state index contributed by atoms with van der Waals surface area (Å²) >= 11 is 0. The number of pyridine rings is 1. The van der Waals surface area contributed by atoms with Gasteiger partial charge < -0.3 is 5.11 Å². The van der Waals surface area contributed by atoms with Crippen molar-refractivity contribution in [3.8, 4) is 0 Å². The minimum Gasteiger partial charge on any atom is -0.479 e. The first-order valence-corrected chi connectivity index (χ1v) is 3.44. The number of alkyl halides is 1. The van der Waals surface area contributed by atoms with Crippen molar-refractivity contribution in [3.63, 3.8) is 0 Å². The Kier molecular flexibility index (Phi) is 4.72. The lowest BCUT2D eigenvalue weighted by atomic mass is 10.1. The van der Waals surface area contributed by atoms with Gasteiger partial charge in [-0.3, -0.25) is 9.78 Å². The molecule has 6 heteroatoms. The molecule has 14 heavy (non-hydrogen) atoms. The number of ketones is 1. The van der Waals surface area contributed by atoms with Crippen LogP contribution in [0.2, 0.25) is 0 Å². The van der Waals surface area contributed by atoms with E-state index in [1.807, 2.05) is 0 Å². The minimum atomic E-state index is -2.50. The fraction of sp³-hybridized carbons (Fsp3) is 0.125. The van der Waals surface area contributed by atoms with Gasteiger partial charge in [0.05, 0.1) is 0 Å². The van der Waals surface area contributed by atoms with Gasteiger partial charge in [0.2, 0.25) is 5.78 Å². The van der Waals surface area contributed by atoms with Gasteiger partial charge in [0, 0.05) is 18.0 Å². The first kappa shape index (κ1) is 12.5. The van der Waals surface area contributed by atoms with Crippen LogP contribution in [0.4, 0.5) is 4.39 Å². The van der Waals surface area contributed by atoms with Gasteiger partial charge in [-0.1, -0.05) is 0 Å². The molecule has 0 aliphatic heterocycles. The number of hydrogen-bond donors (Lipinski definition) is 1. The van der Waals surface area contributed by atoms with Crippen LogP contribution < -0.4 is 0 Å². The maximum absolute atomic E-state index is 12.6. The lowest BCUT2D eigenvalue weighted by molar-refractivity contribution is -0.140. The summed E-state index contributed by atoms with van der Waals surface area (Å²) in [6.45, 7) is 0. The van der Waals surface area contributed by atoms with Crippen LogP contribution in [0.1, 0.15) is 10.4 Å². The molecule has 76 valence electrons. The molecular formula is C8H7ClFNO3. The van der Waals surface area contributed by atoms with Crippen molar-refractivity contribution in [1.29, 1.82) is 0 Å². The number of aliphatic carboxylic acids is 1. The van der Waals surface area contributed by atoms with E-state index in [0.29, 0.717) is 0 Å². The molecule has 0 aliphatic rings. The van der Waals surface area contributed by atoms with Crippen molar-refractivity contribution < 1.29 is 19.1 Å². The predicted octanol–water partition coefficient (Wildman–Crippen LogP) is 1.11. The second-order valence-electron chi connectivity index (χ2n) is 2.30. The van der Waals surface area contributed by atoms with Crippen LogP contribution in [0.5, 0.6) is 0 Å². The molecule has 0 bridgehead atoms. The molecule has 1 unspecified atom stereocenters. The van der Waals surface area contributed by atoms with E-state index in [2.05, 4.69) is 4.98 Å². The first-order valence-electron chi connectivity index (χ1n) is 3.44. The van der Waals surface area contributed by atoms with E-state index in [1.54, 1.807) is 0 Å². The van der Waals surface area contributed by atoms with E-state index < -0.39 is 17.9 Å². The van der Waals surface area contributed by atoms with Gasteiger partial charge in [0.25, 0.3) is 6.17 Å². The molecule has 1 aromatic heterocycles. The standard InChI is InChI=1S/C8H6FNO3.ClH/c9-6(8(12)13)7(11)5-1-3-10-4-2-5;/h1-4,6H,(H,12,13);1H. The zero-order chi connectivity index (χ0) is 9.84. The molecule has 1 rings (SSSR count). The van der Waals surface area contributed by atoms with Crippen LogP contribution in [0.25, 0.3) is 0 Å². The molecule has 0 saturated carbocycles. The SMILES string of the molecule is Cl.O=C(O)C(F)C(=O)c1ccncc1. The quantitative estimate of drug-likeness (QED) is 0.611. The van der Waals surface area contributed by atoms with Crippen molar-refractivity contribution in [2.75, 3.05) is 0 Å². The van der Waals surface area contributed by atoms with Crippen molar-refractivity contribution in [2.45, 2.75) is 6.17 Å². The molecule has 0 aromatic carbocycles. The number of carbonyl (C=O) groups excluding carboxylic acids is 1. The van der Waals surface area contributed by atoms with E-state index in [-0.39, 0.29) is 18.0 Å². The number of Topliss-reactive ketones (excluding diaryl/α,β-unsaturated/α-hetero) is 1. The van der Waals surface area contributed by atoms with Gasteiger partial charge in [-0.25, -0.2) is 9.18 Å². The monoisotopic (exact) mass is 219 g/mol. The van der Waals surface area contributed by atoms with Gasteiger partial charge in [0.15, 0.2) is 0 Å². The first-order chi connectivity index (χ1) is 6.13. The number of carbonyl (C=O) groups is 2. The lowest BCUT2D eigenvalue weighted by Gasteiger charge is -2.00. The summed E-state index contributed by atoms with van der Waals surface area (Å²) in [7, 11) is 0. The van der Waals surface area contributed by atoms with Crippen molar-refractivity contribution in [2.24, 2.45) is 0 Å². The van der Waals surface area contributed by atoms with Crippen LogP contribution in [0, 0.1) is 0 Å². The molecule has 0 spiro atoms. The average molecular weight is 220 g/mol. The molecule has 1 atom stereocenters. The molecule has 1 heterocycles.